The second-order valence-electron chi connectivity index (χ2n) is 11.9. The minimum Gasteiger partial charge on any atom is -0.448 e. The molecule has 1 heterocycles. The third-order valence-corrected chi connectivity index (χ3v) is 8.57. The van der Waals surface area contributed by atoms with Crippen LogP contribution >= 0.6 is 0 Å². The van der Waals surface area contributed by atoms with Crippen molar-refractivity contribution in [3.05, 3.63) is 82.9 Å². The molecule has 0 unspecified atom stereocenters. The van der Waals surface area contributed by atoms with Gasteiger partial charge in [-0.1, -0.05) is 48.5 Å². The van der Waals surface area contributed by atoms with Crippen LogP contribution in [0.25, 0.3) is 11.1 Å². The van der Waals surface area contributed by atoms with E-state index in [1.165, 1.54) is 6.07 Å². The molecule has 1 aliphatic heterocycles. The topological polar surface area (TPSA) is 105 Å². The van der Waals surface area contributed by atoms with E-state index in [2.05, 4.69) is 5.32 Å². The number of amides is 2. The Kier molecular flexibility index (Phi) is 8.49. The summed E-state index contributed by atoms with van der Waals surface area (Å²) in [5, 5.41) is 2.64. The zero-order valence-corrected chi connectivity index (χ0v) is 25.5. The Labute approximate surface area is 251 Å². The maximum atomic E-state index is 14.2. The van der Waals surface area contributed by atoms with Crippen molar-refractivity contribution >= 4 is 28.1 Å². The summed E-state index contributed by atoms with van der Waals surface area (Å²) in [5.74, 6) is -0.147. The lowest BCUT2D eigenvalue weighted by Crippen LogP contribution is -2.49. The first-order valence-electron chi connectivity index (χ1n) is 14.2. The predicted molar refractivity (Wildman–Crippen MR) is 161 cm³/mol. The fraction of sp³-hybridized carbons (Fsp3) is 0.375. The maximum Gasteiger partial charge on any atom is 0.411 e. The summed E-state index contributed by atoms with van der Waals surface area (Å²) in [7, 11) is -5.05. The summed E-state index contributed by atoms with van der Waals surface area (Å²) >= 11 is 0. The molecule has 1 saturated heterocycles. The summed E-state index contributed by atoms with van der Waals surface area (Å²) in [5.41, 5.74) is 5.01. The molecule has 2 amide bonds. The van der Waals surface area contributed by atoms with Gasteiger partial charge < -0.3 is 14.4 Å². The number of piperazine rings is 1. The molecule has 0 saturated carbocycles. The van der Waals surface area contributed by atoms with Crippen LogP contribution in [0.3, 0.4) is 0 Å². The number of halogens is 1. The van der Waals surface area contributed by atoms with Crippen LogP contribution in [0.2, 0.25) is 0 Å². The Morgan fingerprint density at radius 2 is 1.53 bits per heavy atom. The molecule has 2 aliphatic rings. The van der Waals surface area contributed by atoms with Gasteiger partial charge in [0.2, 0.25) is 0 Å². The van der Waals surface area contributed by atoms with E-state index in [1.807, 2.05) is 74.2 Å². The normalized spacial score (nSPS) is 15.5. The number of benzene rings is 3. The molecule has 11 heteroatoms. The monoisotopic (exact) mass is 609 g/mol. The molecule has 9 nitrogen and oxygen atoms in total. The molecule has 0 bridgehead atoms. The molecule has 1 N–H and O–H groups in total. The predicted octanol–water partition coefficient (Wildman–Crippen LogP) is 6.07. The second kappa shape index (κ2) is 12.0. The number of nitrogens with zero attached hydrogens (tertiary/aromatic N) is 2. The van der Waals surface area contributed by atoms with Crippen molar-refractivity contribution in [1.29, 1.82) is 0 Å². The van der Waals surface area contributed by atoms with Crippen molar-refractivity contribution in [1.82, 2.24) is 9.80 Å². The van der Waals surface area contributed by atoms with Crippen molar-refractivity contribution < 1.29 is 31.4 Å². The summed E-state index contributed by atoms with van der Waals surface area (Å²) in [4.78, 5) is 28.5. The van der Waals surface area contributed by atoms with Gasteiger partial charge in [-0.3, -0.25) is 10.2 Å². The van der Waals surface area contributed by atoms with Crippen LogP contribution in [0.5, 0.6) is 0 Å². The molecular weight excluding hydrogens is 573 g/mol. The third kappa shape index (κ3) is 7.00. The Morgan fingerprint density at radius 3 is 2.09 bits per heavy atom. The van der Waals surface area contributed by atoms with E-state index in [0.717, 1.165) is 28.3 Å². The van der Waals surface area contributed by atoms with Crippen LogP contribution in [0, 0.1) is 6.92 Å². The summed E-state index contributed by atoms with van der Waals surface area (Å²) in [6.45, 7) is 9.43. The number of fused-ring (bicyclic) bond motifs is 3. The van der Waals surface area contributed by atoms with Gasteiger partial charge in [0.25, 0.3) is 0 Å². The van der Waals surface area contributed by atoms with Crippen molar-refractivity contribution in [2.24, 2.45) is 0 Å². The molecular formula is C32H36FN3O6S. The number of rotatable bonds is 6. The maximum absolute atomic E-state index is 14.2. The fourth-order valence-corrected chi connectivity index (χ4v) is 6.12. The summed E-state index contributed by atoms with van der Waals surface area (Å²) < 4.78 is 49.1. The van der Waals surface area contributed by atoms with Crippen LogP contribution in [-0.4, -0.2) is 68.8 Å². The molecule has 0 radical (unpaired) electrons. The number of hydrogen-bond donors (Lipinski definition) is 1. The average Bonchev–Trinajstić information content (AvgIpc) is 3.26. The highest BCUT2D eigenvalue weighted by atomic mass is 32.3. The van der Waals surface area contributed by atoms with Gasteiger partial charge in [0.1, 0.15) is 17.1 Å². The molecule has 0 aromatic heterocycles. The summed E-state index contributed by atoms with van der Waals surface area (Å²) in [6, 6.07) is 18.3. The number of carbonyl (C=O) groups is 2. The second-order valence-corrected chi connectivity index (χ2v) is 13.2. The third-order valence-electron chi connectivity index (χ3n) is 7.77. The van der Waals surface area contributed by atoms with E-state index >= 15 is 0 Å². The smallest absolute Gasteiger partial charge is 0.411 e. The van der Waals surface area contributed by atoms with Gasteiger partial charge in [-0.25, -0.2) is 9.59 Å². The Hall–Kier alpha value is -3.96. The van der Waals surface area contributed by atoms with Gasteiger partial charge in [-0.2, -0.15) is 8.42 Å². The standard InChI is InChI=1S/C32H36FN3O6S/c1-21-22(19-35-13-15-36(16-14-35)31(38)42-32(2,3)4)17-23(43(33,39)40)18-29(21)34-30(37)41-20-28-26-11-7-5-9-24(26)25-10-6-8-12-27(25)28/h5-12,17-18,28H,13-16,19-20H2,1-4H3,(H,34,37). The highest BCUT2D eigenvalue weighted by molar-refractivity contribution is 7.86. The van der Waals surface area contributed by atoms with Crippen molar-refractivity contribution in [2.45, 2.75) is 50.7 Å². The number of hydrogen-bond acceptors (Lipinski definition) is 7. The largest absolute Gasteiger partial charge is 0.448 e. The quantitative estimate of drug-likeness (QED) is 0.339. The van der Waals surface area contributed by atoms with Crippen LogP contribution in [0.4, 0.5) is 19.2 Å². The molecule has 1 aliphatic carbocycles. The minimum atomic E-state index is -5.05. The van der Waals surface area contributed by atoms with Crippen molar-refractivity contribution in [3.63, 3.8) is 0 Å². The van der Waals surface area contributed by atoms with Gasteiger partial charge in [-0.05, 0) is 73.2 Å². The number of ether oxygens (including phenoxy) is 2. The zero-order valence-electron chi connectivity index (χ0n) is 24.7. The lowest BCUT2D eigenvalue weighted by molar-refractivity contribution is 0.0138. The van der Waals surface area contributed by atoms with Crippen LogP contribution in [-0.2, 0) is 26.2 Å². The van der Waals surface area contributed by atoms with Crippen molar-refractivity contribution in [2.75, 3.05) is 38.1 Å². The zero-order chi connectivity index (χ0) is 30.9. The minimum absolute atomic E-state index is 0.0782. The highest BCUT2D eigenvalue weighted by Crippen LogP contribution is 2.44. The summed E-state index contributed by atoms with van der Waals surface area (Å²) in [6.07, 6.45) is -1.15. The fourth-order valence-electron chi connectivity index (χ4n) is 5.58. The molecule has 5 rings (SSSR count). The Bertz CT molecular complexity index is 1600. The van der Waals surface area contributed by atoms with Crippen molar-refractivity contribution in [3.8, 4) is 11.1 Å². The van der Waals surface area contributed by atoms with Crippen LogP contribution in [0.1, 0.15) is 48.9 Å². The molecule has 3 aromatic carbocycles. The van der Waals surface area contributed by atoms with E-state index in [0.29, 0.717) is 43.9 Å². The lowest BCUT2D eigenvalue weighted by atomic mass is 9.98. The van der Waals surface area contributed by atoms with Crippen LogP contribution < -0.4 is 5.32 Å². The molecule has 228 valence electrons. The first-order chi connectivity index (χ1) is 20.3. The van der Waals surface area contributed by atoms with E-state index in [-0.39, 0.29) is 24.3 Å². The van der Waals surface area contributed by atoms with Gasteiger partial charge in [0.05, 0.1) is 0 Å². The van der Waals surface area contributed by atoms with E-state index in [1.54, 1.807) is 11.8 Å². The van der Waals surface area contributed by atoms with E-state index in [9.17, 15) is 21.9 Å². The Balaban J connectivity index is 1.28. The van der Waals surface area contributed by atoms with Gasteiger partial charge in [0, 0.05) is 44.3 Å². The number of anilines is 1. The molecule has 0 atom stereocenters. The van der Waals surface area contributed by atoms with Gasteiger partial charge in [0.15, 0.2) is 0 Å². The average molecular weight is 610 g/mol. The molecule has 0 spiro atoms. The Morgan fingerprint density at radius 1 is 0.953 bits per heavy atom. The van der Waals surface area contributed by atoms with E-state index in [4.69, 9.17) is 9.47 Å². The highest BCUT2D eigenvalue weighted by Gasteiger charge is 2.30. The van der Waals surface area contributed by atoms with E-state index < -0.39 is 26.8 Å². The van der Waals surface area contributed by atoms with Gasteiger partial charge in [-0.15, -0.1) is 3.89 Å². The van der Waals surface area contributed by atoms with Crippen LogP contribution in [0.15, 0.2) is 65.6 Å². The molecule has 3 aromatic rings. The number of carbonyl (C=O) groups excluding carboxylic acids is 2. The number of nitrogens with one attached hydrogen (secondary N) is 1. The molecule has 43 heavy (non-hydrogen) atoms. The van der Waals surface area contributed by atoms with Gasteiger partial charge >= 0.3 is 22.4 Å². The SMILES string of the molecule is Cc1c(CN2CCN(C(=O)OC(C)(C)C)CC2)cc(S(=O)(=O)F)cc1NC(=O)OCC1c2ccccc2-c2ccccc21. The first kappa shape index (κ1) is 30.5. The first-order valence-corrected chi connectivity index (χ1v) is 15.6. The lowest BCUT2D eigenvalue weighted by Gasteiger charge is -2.35. The molecule has 1 fully saturated rings.